The summed E-state index contributed by atoms with van der Waals surface area (Å²) in [6.45, 7) is 30.3. The zero-order valence-corrected chi connectivity index (χ0v) is 70.0. The summed E-state index contributed by atoms with van der Waals surface area (Å²) >= 11 is 1.77. The molecule has 0 aliphatic heterocycles. The van der Waals surface area contributed by atoms with Gasteiger partial charge in [-0.25, -0.2) is 18.7 Å². The highest BCUT2D eigenvalue weighted by Gasteiger charge is 2.26. The van der Waals surface area contributed by atoms with Gasteiger partial charge in [0, 0.05) is 0 Å². The summed E-state index contributed by atoms with van der Waals surface area (Å²) in [4.78, 5) is 12.0. The SMILES string of the molecule is CC(C)c1ccc(OC(F)F)c(OC(F)F)c1.CC(C)c1ccc(OC2CC2)c(F)c1.CC(C)c1ccc(OC2CC2)cc1.COc1cc(C(C)C)ccc1C.COc1cc(C(C)C)ccc1OC(F)F.COc1cc(C(C)C)ccc1OCCF.Cc1nc2ccc(C(C)C)cc2[nH]1.Cc1nc2ccc(C(C)C)cc2s1. The molecule has 1 N–H and O–H groups in total. The van der Waals surface area contributed by atoms with Crippen molar-refractivity contribution in [3.05, 3.63) is 218 Å². The van der Waals surface area contributed by atoms with Crippen LogP contribution in [0.25, 0.3) is 21.3 Å². The Labute approximate surface area is 663 Å². The number of aromatic nitrogens is 3. The molecule has 0 radical (unpaired) electrons. The second kappa shape index (κ2) is 46.7. The number of aromatic amines is 1. The average molecular weight is 1580 g/mol. The molecule has 8 aromatic carbocycles. The largest absolute Gasteiger partial charge is 0.496 e. The molecule has 12 rings (SSSR count). The summed E-state index contributed by atoms with van der Waals surface area (Å²) in [6, 6.07) is 47.7. The molecule has 0 bridgehead atoms. The first-order valence-corrected chi connectivity index (χ1v) is 39.1. The first kappa shape index (κ1) is 93.4. The third-order valence-electron chi connectivity index (χ3n) is 17.7. The molecular weight excluding hydrogens is 1460 g/mol. The number of thiazole rings is 1. The summed E-state index contributed by atoms with van der Waals surface area (Å²) in [5.41, 5.74) is 13.9. The van der Waals surface area contributed by atoms with Crippen molar-refractivity contribution in [1.29, 1.82) is 0 Å². The molecule has 12 nitrogen and oxygen atoms in total. The van der Waals surface area contributed by atoms with Gasteiger partial charge in [0.05, 0.1) is 59.8 Å². The second-order valence-electron chi connectivity index (χ2n) is 29.6. The molecule has 612 valence electrons. The molecule has 0 atom stereocenters. The number of H-pyrrole nitrogens is 1. The average Bonchev–Trinajstić information content (AvgIpc) is 1.70. The van der Waals surface area contributed by atoms with E-state index in [2.05, 4.69) is 205 Å². The van der Waals surface area contributed by atoms with Crippen molar-refractivity contribution in [3.63, 3.8) is 0 Å². The third-order valence-corrected chi connectivity index (χ3v) is 18.7. The Bertz CT molecular complexity index is 4320. The van der Waals surface area contributed by atoms with Gasteiger partial charge in [0.15, 0.2) is 46.1 Å². The number of halogens is 8. The van der Waals surface area contributed by atoms with Crippen LogP contribution in [0.3, 0.4) is 0 Å². The normalized spacial score (nSPS) is 12.2. The van der Waals surface area contributed by atoms with Gasteiger partial charge >= 0.3 is 19.8 Å². The predicted octanol–water partition coefficient (Wildman–Crippen LogP) is 27.3. The molecule has 2 fully saturated rings. The topological polar surface area (TPSA) is 125 Å². The molecule has 2 aliphatic carbocycles. The fourth-order valence-electron chi connectivity index (χ4n) is 10.6. The number of fused-ring (bicyclic) bond motifs is 2. The van der Waals surface area contributed by atoms with Crippen LogP contribution in [0.2, 0.25) is 0 Å². The van der Waals surface area contributed by atoms with E-state index in [4.69, 9.17) is 28.4 Å². The number of rotatable bonds is 24. The minimum absolute atomic E-state index is 0.0654. The molecule has 21 heteroatoms. The molecular formula is C91H117F8N3O9S. The number of methoxy groups -OCH3 is 3. The highest BCUT2D eigenvalue weighted by atomic mass is 32.1. The lowest BCUT2D eigenvalue weighted by atomic mass is 10.0. The lowest BCUT2D eigenvalue weighted by Crippen LogP contribution is -2.08. The highest BCUT2D eigenvalue weighted by Crippen LogP contribution is 2.37. The van der Waals surface area contributed by atoms with Crippen molar-refractivity contribution in [3.8, 4) is 51.7 Å². The van der Waals surface area contributed by atoms with Crippen LogP contribution in [0.5, 0.6) is 51.7 Å². The maximum absolute atomic E-state index is 13.5. The molecule has 0 saturated heterocycles. The van der Waals surface area contributed by atoms with Crippen molar-refractivity contribution in [2.24, 2.45) is 0 Å². The third kappa shape index (κ3) is 32.5. The maximum Gasteiger partial charge on any atom is 0.387 e. The van der Waals surface area contributed by atoms with Gasteiger partial charge in [0.1, 0.15) is 30.6 Å². The number of ether oxygens (including phenoxy) is 9. The number of hydrogen-bond acceptors (Lipinski definition) is 12. The van der Waals surface area contributed by atoms with E-state index in [1.165, 1.54) is 82.3 Å². The second-order valence-corrected chi connectivity index (χ2v) is 30.9. The Morgan fingerprint density at radius 2 is 0.750 bits per heavy atom. The van der Waals surface area contributed by atoms with Gasteiger partial charge in [0.2, 0.25) is 0 Å². The number of nitrogens with one attached hydrogen (secondary N) is 1. The zero-order valence-electron chi connectivity index (χ0n) is 69.2. The van der Waals surface area contributed by atoms with Gasteiger partial charge in [-0.1, -0.05) is 171 Å². The number of aryl methyl sites for hydroxylation is 3. The molecule has 2 aliphatic rings. The van der Waals surface area contributed by atoms with Crippen molar-refractivity contribution in [2.75, 3.05) is 34.6 Å². The number of imidazole rings is 1. The number of benzene rings is 8. The predicted molar refractivity (Wildman–Crippen MR) is 440 cm³/mol. The first-order chi connectivity index (χ1) is 53.0. The van der Waals surface area contributed by atoms with Gasteiger partial charge < -0.3 is 47.6 Å². The fourth-order valence-corrected chi connectivity index (χ4v) is 11.5. The van der Waals surface area contributed by atoms with E-state index in [-0.39, 0.29) is 35.9 Å². The van der Waals surface area contributed by atoms with Crippen LogP contribution < -0.4 is 42.6 Å². The Morgan fingerprint density at radius 1 is 0.384 bits per heavy atom. The molecule has 112 heavy (non-hydrogen) atoms. The van der Waals surface area contributed by atoms with Crippen molar-refractivity contribution in [2.45, 2.75) is 237 Å². The van der Waals surface area contributed by atoms with Gasteiger partial charge in [-0.2, -0.15) is 26.3 Å². The van der Waals surface area contributed by atoms with Crippen molar-refractivity contribution >= 4 is 32.6 Å². The number of hydrogen-bond donors (Lipinski definition) is 1. The minimum Gasteiger partial charge on any atom is -0.496 e. The van der Waals surface area contributed by atoms with E-state index < -0.39 is 32.3 Å². The molecule has 10 aromatic rings. The van der Waals surface area contributed by atoms with Crippen LogP contribution >= 0.6 is 11.3 Å². The van der Waals surface area contributed by atoms with Crippen molar-refractivity contribution < 1.29 is 77.8 Å². The first-order valence-electron chi connectivity index (χ1n) is 38.3. The standard InChI is InChI=1S/C12H17FO2.C12H15FO.C12H16O.C11H12F4O2.C11H14F2O2.C11H14N2.C11H13NS.C11H16O/c1-9(2)10-4-5-11(15-7-6-13)12(8-10)14-3;1-8(2)9-3-6-12(11(13)7-9)14-10-4-5-10;1-9(2)10-3-5-11(6-4-10)13-12-7-8-12;1-6(2)7-3-4-8(16-10(12)13)9(5-7)17-11(14)15;1-7(2)8-4-5-9(15-11(12)13)10(6-8)14-3;2*1-7(2)9-4-5-10-11(6-9)13-8(3)12-10;1-8(2)10-6-5-9(3)11(7-10)12-4/h4-5,8-9H,6-7H2,1-3H3;3,6-8,10H,4-5H2,1-2H3;3-6,9,12H,7-8H2,1-2H3;3-6,10-11H,1-2H3;4-7,11H,1-3H3;4-7H,1-3H3,(H,12,13);4-7H,1-3H3;5-8H,1-4H3. The summed E-state index contributed by atoms with van der Waals surface area (Å²) in [5.74, 6) is 7.57. The molecule has 0 unspecified atom stereocenters. The Hall–Kier alpha value is -9.24. The van der Waals surface area contributed by atoms with Crippen LogP contribution in [0.1, 0.15) is 245 Å². The zero-order chi connectivity index (χ0) is 83.1. The molecule has 2 heterocycles. The minimum atomic E-state index is -3.09. The van der Waals surface area contributed by atoms with Gasteiger partial charge in [-0.05, 0) is 235 Å². The van der Waals surface area contributed by atoms with Crippen molar-refractivity contribution in [1.82, 2.24) is 15.0 Å². The molecule has 0 spiro atoms. The van der Waals surface area contributed by atoms with Gasteiger partial charge in [0.25, 0.3) is 0 Å². The van der Waals surface area contributed by atoms with Crippen LogP contribution in [0.15, 0.2) is 152 Å². The molecule has 2 aromatic heterocycles. The van der Waals surface area contributed by atoms with Gasteiger partial charge in [-0.3, -0.25) is 0 Å². The number of nitrogens with zero attached hydrogens (tertiary/aromatic N) is 2. The summed E-state index contributed by atoms with van der Waals surface area (Å²) in [7, 11) is 4.73. The van der Waals surface area contributed by atoms with Crippen LogP contribution in [0.4, 0.5) is 35.1 Å². The Kier molecular flexibility index (Phi) is 38.9. The van der Waals surface area contributed by atoms with Crippen LogP contribution in [-0.4, -0.2) is 81.6 Å². The monoisotopic (exact) mass is 1580 g/mol. The van der Waals surface area contributed by atoms with E-state index in [0.29, 0.717) is 76.1 Å². The van der Waals surface area contributed by atoms with E-state index in [1.807, 2.05) is 58.9 Å². The summed E-state index contributed by atoms with van der Waals surface area (Å²) in [5, 5.41) is 1.15. The Balaban J connectivity index is 0.000000229. The lowest BCUT2D eigenvalue weighted by Gasteiger charge is -2.14. The highest BCUT2D eigenvalue weighted by molar-refractivity contribution is 7.18. The quantitative estimate of drug-likeness (QED) is 0.0582. The maximum atomic E-state index is 13.5. The lowest BCUT2D eigenvalue weighted by molar-refractivity contribution is -0.0692. The van der Waals surface area contributed by atoms with E-state index in [0.717, 1.165) is 62.8 Å². The van der Waals surface area contributed by atoms with E-state index in [9.17, 15) is 35.1 Å². The number of alkyl halides is 7. The van der Waals surface area contributed by atoms with E-state index >= 15 is 0 Å². The summed E-state index contributed by atoms with van der Waals surface area (Å²) in [6.07, 6.45) is 5.34. The fraction of sp³-hybridized carbons (Fsp3) is 0.451. The smallest absolute Gasteiger partial charge is 0.387 e. The van der Waals surface area contributed by atoms with Crippen LogP contribution in [-0.2, 0) is 0 Å². The van der Waals surface area contributed by atoms with Gasteiger partial charge in [-0.15, -0.1) is 11.3 Å². The molecule has 2 saturated carbocycles. The summed E-state index contributed by atoms with van der Waals surface area (Å²) < 4.78 is 143. The van der Waals surface area contributed by atoms with E-state index in [1.54, 1.807) is 49.8 Å². The van der Waals surface area contributed by atoms with Crippen LogP contribution in [0, 0.1) is 26.6 Å². The Morgan fingerprint density at radius 3 is 1.20 bits per heavy atom. The molecule has 0 amide bonds.